The fraction of sp³-hybridized carbons (Fsp3) is 0.188. The lowest BCUT2D eigenvalue weighted by molar-refractivity contribution is 0.0522. The lowest BCUT2D eigenvalue weighted by Gasteiger charge is -2.11. The van der Waals surface area contributed by atoms with Gasteiger partial charge in [-0.15, -0.1) is 0 Å². The van der Waals surface area contributed by atoms with Crippen LogP contribution >= 0.6 is 0 Å². The quantitative estimate of drug-likeness (QED) is 0.788. The third-order valence-corrected chi connectivity index (χ3v) is 2.76. The minimum absolute atomic E-state index is 0.0118. The van der Waals surface area contributed by atoms with Gasteiger partial charge in [-0.05, 0) is 31.2 Å². The minimum Gasteiger partial charge on any atom is -0.489 e. The predicted molar refractivity (Wildman–Crippen MR) is 73.1 cm³/mol. The van der Waals surface area contributed by atoms with E-state index in [1.165, 1.54) is 30.3 Å². The highest BCUT2D eigenvalue weighted by Gasteiger charge is 2.14. The van der Waals surface area contributed by atoms with E-state index in [1.807, 2.05) is 0 Å². The summed E-state index contributed by atoms with van der Waals surface area (Å²) in [6.07, 6.45) is 0. The molecule has 0 spiro atoms. The number of halogens is 2. The Bertz CT molecular complexity index is 641. The SMILES string of the molecule is CCOC(=O)c1cc(F)ccc1COc1cccc(F)c1. The molecule has 0 aliphatic rings. The summed E-state index contributed by atoms with van der Waals surface area (Å²) in [5.74, 6) is -1.24. The van der Waals surface area contributed by atoms with E-state index in [9.17, 15) is 13.6 Å². The van der Waals surface area contributed by atoms with Crippen molar-refractivity contribution in [2.75, 3.05) is 6.61 Å². The third kappa shape index (κ3) is 4.02. The maximum Gasteiger partial charge on any atom is 0.338 e. The second kappa shape index (κ2) is 6.83. The van der Waals surface area contributed by atoms with E-state index in [-0.39, 0.29) is 18.8 Å². The molecule has 0 radical (unpaired) electrons. The highest BCUT2D eigenvalue weighted by Crippen LogP contribution is 2.18. The van der Waals surface area contributed by atoms with Crippen molar-refractivity contribution in [2.45, 2.75) is 13.5 Å². The fourth-order valence-electron chi connectivity index (χ4n) is 1.79. The van der Waals surface area contributed by atoms with Crippen molar-refractivity contribution >= 4 is 5.97 Å². The summed E-state index contributed by atoms with van der Waals surface area (Å²) in [7, 11) is 0. The van der Waals surface area contributed by atoms with Crippen LogP contribution in [0.25, 0.3) is 0 Å². The van der Waals surface area contributed by atoms with Crippen LogP contribution in [0.4, 0.5) is 8.78 Å². The molecular weight excluding hydrogens is 278 g/mol. The van der Waals surface area contributed by atoms with Gasteiger partial charge in [-0.3, -0.25) is 0 Å². The molecule has 0 amide bonds. The Morgan fingerprint density at radius 1 is 1.10 bits per heavy atom. The average molecular weight is 292 g/mol. The molecule has 0 bridgehead atoms. The minimum atomic E-state index is -0.616. The van der Waals surface area contributed by atoms with Crippen molar-refractivity contribution in [2.24, 2.45) is 0 Å². The molecule has 3 nitrogen and oxygen atoms in total. The molecule has 5 heteroatoms. The molecule has 2 aromatic rings. The molecule has 0 saturated heterocycles. The zero-order chi connectivity index (χ0) is 15.2. The monoisotopic (exact) mass is 292 g/mol. The van der Waals surface area contributed by atoms with Gasteiger partial charge in [-0.25, -0.2) is 13.6 Å². The standard InChI is InChI=1S/C16H14F2O3/c1-2-20-16(19)15-9-13(18)7-6-11(15)10-21-14-5-3-4-12(17)8-14/h3-9H,2,10H2,1H3. The maximum absolute atomic E-state index is 13.3. The largest absolute Gasteiger partial charge is 0.489 e. The number of benzene rings is 2. The van der Waals surface area contributed by atoms with Crippen molar-refractivity contribution in [1.29, 1.82) is 0 Å². The summed E-state index contributed by atoms with van der Waals surface area (Å²) in [6, 6.07) is 9.41. The second-order valence-corrected chi connectivity index (χ2v) is 4.27. The number of carbonyl (C=O) groups excluding carboxylic acids is 1. The smallest absolute Gasteiger partial charge is 0.338 e. The molecule has 0 aromatic heterocycles. The van der Waals surface area contributed by atoms with Gasteiger partial charge >= 0.3 is 5.97 Å². The van der Waals surface area contributed by atoms with E-state index in [0.29, 0.717) is 11.3 Å². The van der Waals surface area contributed by atoms with E-state index in [4.69, 9.17) is 9.47 Å². The number of rotatable bonds is 5. The molecule has 0 N–H and O–H groups in total. The van der Waals surface area contributed by atoms with Gasteiger partial charge in [0.25, 0.3) is 0 Å². The molecule has 0 aliphatic carbocycles. The Balaban J connectivity index is 2.17. The Hall–Kier alpha value is -2.43. The predicted octanol–water partition coefficient (Wildman–Crippen LogP) is 3.72. The molecule has 0 unspecified atom stereocenters. The molecule has 0 fully saturated rings. The Kier molecular flexibility index (Phi) is 4.87. The number of esters is 1. The van der Waals surface area contributed by atoms with Crippen LogP contribution in [0.2, 0.25) is 0 Å². The van der Waals surface area contributed by atoms with Crippen molar-refractivity contribution in [3.05, 3.63) is 65.2 Å². The molecule has 2 rings (SSSR count). The Morgan fingerprint density at radius 3 is 2.57 bits per heavy atom. The molecular formula is C16H14F2O3. The van der Waals surface area contributed by atoms with Gasteiger partial charge in [0.05, 0.1) is 12.2 Å². The maximum atomic E-state index is 13.3. The van der Waals surface area contributed by atoms with Gasteiger partial charge in [0.15, 0.2) is 0 Å². The van der Waals surface area contributed by atoms with E-state index < -0.39 is 17.6 Å². The van der Waals surface area contributed by atoms with E-state index >= 15 is 0 Å². The molecule has 2 aromatic carbocycles. The van der Waals surface area contributed by atoms with Gasteiger partial charge in [-0.2, -0.15) is 0 Å². The summed E-state index contributed by atoms with van der Waals surface area (Å²) in [5.41, 5.74) is 0.576. The highest BCUT2D eigenvalue weighted by atomic mass is 19.1. The average Bonchev–Trinajstić information content (AvgIpc) is 2.46. The highest BCUT2D eigenvalue weighted by molar-refractivity contribution is 5.91. The van der Waals surface area contributed by atoms with Gasteiger partial charge < -0.3 is 9.47 Å². The third-order valence-electron chi connectivity index (χ3n) is 2.76. The summed E-state index contributed by atoms with van der Waals surface area (Å²) < 4.78 is 36.6. The van der Waals surface area contributed by atoms with E-state index in [0.717, 1.165) is 6.07 Å². The lowest BCUT2D eigenvalue weighted by Crippen LogP contribution is -2.10. The molecule has 110 valence electrons. The van der Waals surface area contributed by atoms with Crippen LogP contribution in [0.3, 0.4) is 0 Å². The van der Waals surface area contributed by atoms with Gasteiger partial charge in [-0.1, -0.05) is 12.1 Å². The Labute approximate surface area is 121 Å². The number of hydrogen-bond acceptors (Lipinski definition) is 3. The zero-order valence-electron chi connectivity index (χ0n) is 11.4. The van der Waals surface area contributed by atoms with Crippen molar-refractivity contribution < 1.29 is 23.0 Å². The zero-order valence-corrected chi connectivity index (χ0v) is 11.4. The summed E-state index contributed by atoms with van der Waals surface area (Å²) >= 11 is 0. The van der Waals surface area contributed by atoms with Crippen LogP contribution in [0, 0.1) is 11.6 Å². The van der Waals surface area contributed by atoms with Crippen molar-refractivity contribution in [3.63, 3.8) is 0 Å². The number of ether oxygens (including phenoxy) is 2. The van der Waals surface area contributed by atoms with Crippen molar-refractivity contribution in [3.8, 4) is 5.75 Å². The number of carbonyl (C=O) groups is 1. The van der Waals surface area contributed by atoms with E-state index in [1.54, 1.807) is 13.0 Å². The first-order chi connectivity index (χ1) is 10.1. The van der Waals surface area contributed by atoms with Gasteiger partial charge in [0, 0.05) is 11.6 Å². The fourth-order valence-corrected chi connectivity index (χ4v) is 1.79. The van der Waals surface area contributed by atoms with Crippen LogP contribution in [0.5, 0.6) is 5.75 Å². The van der Waals surface area contributed by atoms with Gasteiger partial charge in [0.2, 0.25) is 0 Å². The first kappa shape index (κ1) is 15.0. The van der Waals surface area contributed by atoms with Crippen LogP contribution in [-0.4, -0.2) is 12.6 Å². The van der Waals surface area contributed by atoms with Crippen molar-refractivity contribution in [1.82, 2.24) is 0 Å². The van der Waals surface area contributed by atoms with E-state index in [2.05, 4.69) is 0 Å². The molecule has 0 aliphatic heterocycles. The van der Waals surface area contributed by atoms with Gasteiger partial charge in [0.1, 0.15) is 24.0 Å². The molecule has 0 saturated carbocycles. The van der Waals surface area contributed by atoms with Crippen LogP contribution in [-0.2, 0) is 11.3 Å². The topological polar surface area (TPSA) is 35.5 Å². The normalized spacial score (nSPS) is 10.2. The molecule has 0 heterocycles. The first-order valence-corrected chi connectivity index (χ1v) is 6.44. The number of hydrogen-bond donors (Lipinski definition) is 0. The first-order valence-electron chi connectivity index (χ1n) is 6.44. The Morgan fingerprint density at radius 2 is 1.86 bits per heavy atom. The summed E-state index contributed by atoms with van der Waals surface area (Å²) in [4.78, 5) is 11.8. The second-order valence-electron chi connectivity index (χ2n) is 4.27. The van der Waals surface area contributed by atoms with Crippen LogP contribution < -0.4 is 4.74 Å². The molecule has 21 heavy (non-hydrogen) atoms. The molecule has 0 atom stereocenters. The van der Waals surface area contributed by atoms with Crippen LogP contribution in [0.15, 0.2) is 42.5 Å². The van der Waals surface area contributed by atoms with Crippen LogP contribution in [0.1, 0.15) is 22.8 Å². The lowest BCUT2D eigenvalue weighted by atomic mass is 10.1. The summed E-state index contributed by atoms with van der Waals surface area (Å²) in [5, 5.41) is 0. The summed E-state index contributed by atoms with van der Waals surface area (Å²) in [6.45, 7) is 1.87.